The molecule has 0 atom stereocenters. The summed E-state index contributed by atoms with van der Waals surface area (Å²) in [6, 6.07) is 10.6. The van der Waals surface area contributed by atoms with E-state index in [9.17, 15) is 9.59 Å². The van der Waals surface area contributed by atoms with Gasteiger partial charge in [-0.1, -0.05) is 17.3 Å². The summed E-state index contributed by atoms with van der Waals surface area (Å²) >= 11 is 0. The third-order valence-electron chi connectivity index (χ3n) is 4.42. The second-order valence-electron chi connectivity index (χ2n) is 6.16. The molecule has 7 nitrogen and oxygen atoms in total. The molecule has 3 aromatic rings. The predicted octanol–water partition coefficient (Wildman–Crippen LogP) is 2.34. The van der Waals surface area contributed by atoms with Crippen molar-refractivity contribution in [1.82, 2.24) is 10.1 Å². The van der Waals surface area contributed by atoms with Crippen LogP contribution in [0.1, 0.15) is 32.2 Å². The molecule has 2 N–H and O–H groups in total. The maximum absolute atomic E-state index is 12.9. The number of amides is 2. The van der Waals surface area contributed by atoms with Crippen LogP contribution in [-0.4, -0.2) is 40.1 Å². The van der Waals surface area contributed by atoms with E-state index in [1.807, 2.05) is 6.07 Å². The first-order valence-electron chi connectivity index (χ1n) is 8.29. The summed E-state index contributed by atoms with van der Waals surface area (Å²) in [6.45, 7) is 2.20. The molecule has 0 spiro atoms. The fraction of sp³-hybridized carbons (Fsp3) is 0.211. The number of aryl methyl sites for hydroxylation is 1. The Morgan fingerprint density at radius 2 is 1.92 bits per heavy atom. The van der Waals surface area contributed by atoms with E-state index in [1.54, 1.807) is 37.3 Å². The van der Waals surface area contributed by atoms with Crippen molar-refractivity contribution < 1.29 is 19.2 Å². The number of aliphatic hydroxyl groups is 1. The summed E-state index contributed by atoms with van der Waals surface area (Å²) in [6.07, 6.45) is 0. The Morgan fingerprint density at radius 1 is 1.15 bits per heavy atom. The molecular weight excluding hydrogens is 334 g/mol. The minimum absolute atomic E-state index is 0.00824. The molecule has 0 radical (unpaired) electrons. The SMILES string of the molecule is Cc1cc(CN2C(=O)c3cccc4c(NCCO)ccc(c34)C2=O)no1. The molecule has 0 bridgehead atoms. The van der Waals surface area contributed by atoms with E-state index < -0.39 is 0 Å². The Morgan fingerprint density at radius 3 is 2.62 bits per heavy atom. The first-order chi connectivity index (χ1) is 12.6. The molecule has 2 amide bonds. The van der Waals surface area contributed by atoms with Gasteiger partial charge in [0.15, 0.2) is 0 Å². The van der Waals surface area contributed by atoms with Crippen molar-refractivity contribution in [3.8, 4) is 0 Å². The minimum atomic E-state index is -0.354. The zero-order valence-electron chi connectivity index (χ0n) is 14.2. The fourth-order valence-corrected chi connectivity index (χ4v) is 3.29. The molecule has 1 aromatic heterocycles. The summed E-state index contributed by atoms with van der Waals surface area (Å²) in [7, 11) is 0. The van der Waals surface area contributed by atoms with E-state index in [0.717, 1.165) is 11.1 Å². The quantitative estimate of drug-likeness (QED) is 0.685. The molecule has 1 aliphatic heterocycles. The number of carbonyl (C=O) groups excluding carboxylic acids is 2. The van der Waals surface area contributed by atoms with Crippen LogP contribution in [-0.2, 0) is 6.54 Å². The molecule has 1 aliphatic rings. The van der Waals surface area contributed by atoms with Gasteiger partial charge >= 0.3 is 0 Å². The largest absolute Gasteiger partial charge is 0.395 e. The van der Waals surface area contributed by atoms with E-state index in [0.29, 0.717) is 34.5 Å². The van der Waals surface area contributed by atoms with E-state index in [1.165, 1.54) is 4.90 Å². The molecule has 26 heavy (non-hydrogen) atoms. The smallest absolute Gasteiger partial charge is 0.261 e. The number of nitrogens with one attached hydrogen (secondary N) is 1. The van der Waals surface area contributed by atoms with Crippen LogP contribution in [0.15, 0.2) is 40.9 Å². The lowest BCUT2D eigenvalue weighted by Gasteiger charge is -2.27. The molecule has 132 valence electrons. The Bertz CT molecular complexity index is 1000. The summed E-state index contributed by atoms with van der Waals surface area (Å²) < 4.78 is 5.03. The maximum Gasteiger partial charge on any atom is 0.261 e. The Kier molecular flexibility index (Phi) is 3.93. The molecule has 2 heterocycles. The summed E-state index contributed by atoms with van der Waals surface area (Å²) in [5.41, 5.74) is 2.26. The highest BCUT2D eigenvalue weighted by atomic mass is 16.5. The van der Waals surface area contributed by atoms with Gasteiger partial charge in [0.05, 0.1) is 13.2 Å². The molecular formula is C19H17N3O4. The lowest BCUT2D eigenvalue weighted by molar-refractivity contribution is 0.0595. The first kappa shape index (κ1) is 16.3. The van der Waals surface area contributed by atoms with Gasteiger partial charge < -0.3 is 14.9 Å². The van der Waals surface area contributed by atoms with Gasteiger partial charge in [0.1, 0.15) is 11.5 Å². The zero-order valence-corrected chi connectivity index (χ0v) is 14.2. The number of carbonyl (C=O) groups is 2. The van der Waals surface area contributed by atoms with Crippen LogP contribution in [0.4, 0.5) is 5.69 Å². The highest BCUT2D eigenvalue weighted by Crippen LogP contribution is 2.34. The number of imide groups is 1. The van der Waals surface area contributed by atoms with E-state index in [4.69, 9.17) is 9.63 Å². The third-order valence-corrected chi connectivity index (χ3v) is 4.42. The fourth-order valence-electron chi connectivity index (χ4n) is 3.29. The molecule has 0 fully saturated rings. The average Bonchev–Trinajstić information content (AvgIpc) is 3.06. The van der Waals surface area contributed by atoms with Gasteiger partial charge in [-0.3, -0.25) is 14.5 Å². The van der Waals surface area contributed by atoms with Gasteiger partial charge in [0.2, 0.25) is 0 Å². The van der Waals surface area contributed by atoms with E-state index in [2.05, 4.69) is 10.5 Å². The molecule has 0 saturated heterocycles. The van der Waals surface area contributed by atoms with Gasteiger partial charge in [-0.2, -0.15) is 0 Å². The number of hydrogen-bond donors (Lipinski definition) is 2. The Balaban J connectivity index is 1.80. The number of aliphatic hydroxyl groups excluding tert-OH is 1. The first-order valence-corrected chi connectivity index (χ1v) is 8.29. The lowest BCUT2D eigenvalue weighted by Crippen LogP contribution is -2.39. The highest BCUT2D eigenvalue weighted by Gasteiger charge is 2.33. The van der Waals surface area contributed by atoms with Crippen LogP contribution in [0, 0.1) is 6.92 Å². The molecule has 0 saturated carbocycles. The Labute approximate surface area is 149 Å². The van der Waals surface area contributed by atoms with Gasteiger partial charge in [0, 0.05) is 40.2 Å². The van der Waals surface area contributed by atoms with Gasteiger partial charge in [0.25, 0.3) is 11.8 Å². The standard InChI is InChI=1S/C19H17N3O4/c1-11-9-12(21-26-11)10-22-18(24)14-4-2-3-13-16(20-7-8-23)6-5-15(17(13)14)19(22)25/h2-6,9,20,23H,7-8,10H2,1H3. The van der Waals surface area contributed by atoms with Crippen LogP contribution in [0.3, 0.4) is 0 Å². The number of hydrogen-bond acceptors (Lipinski definition) is 6. The summed E-state index contributed by atoms with van der Waals surface area (Å²) in [5, 5.41) is 17.4. The normalized spacial score (nSPS) is 13.5. The average molecular weight is 351 g/mol. The monoisotopic (exact) mass is 351 g/mol. The molecule has 7 heteroatoms. The van der Waals surface area contributed by atoms with E-state index >= 15 is 0 Å². The van der Waals surface area contributed by atoms with Gasteiger partial charge in [-0.05, 0) is 25.1 Å². The van der Waals surface area contributed by atoms with E-state index in [-0.39, 0.29) is 25.0 Å². The number of benzene rings is 2. The molecule has 0 aliphatic carbocycles. The summed E-state index contributed by atoms with van der Waals surface area (Å²) in [4.78, 5) is 27.1. The minimum Gasteiger partial charge on any atom is -0.395 e. The Hall–Kier alpha value is -3.19. The van der Waals surface area contributed by atoms with Crippen LogP contribution in [0.25, 0.3) is 10.8 Å². The van der Waals surface area contributed by atoms with Crippen LogP contribution >= 0.6 is 0 Å². The van der Waals surface area contributed by atoms with Crippen molar-refractivity contribution in [2.75, 3.05) is 18.5 Å². The summed E-state index contributed by atoms with van der Waals surface area (Å²) in [5.74, 6) is -0.0832. The second-order valence-corrected chi connectivity index (χ2v) is 6.16. The topological polar surface area (TPSA) is 95.7 Å². The van der Waals surface area contributed by atoms with Crippen molar-refractivity contribution >= 4 is 28.3 Å². The van der Waals surface area contributed by atoms with Crippen molar-refractivity contribution in [3.63, 3.8) is 0 Å². The molecule has 2 aromatic carbocycles. The number of anilines is 1. The van der Waals surface area contributed by atoms with Crippen molar-refractivity contribution in [1.29, 1.82) is 0 Å². The predicted molar refractivity (Wildman–Crippen MR) is 95.0 cm³/mol. The third kappa shape index (κ3) is 2.53. The van der Waals surface area contributed by atoms with Gasteiger partial charge in [-0.15, -0.1) is 0 Å². The van der Waals surface area contributed by atoms with Crippen molar-refractivity contribution in [2.45, 2.75) is 13.5 Å². The lowest BCUT2D eigenvalue weighted by atomic mass is 9.93. The molecule has 0 unspecified atom stereocenters. The van der Waals surface area contributed by atoms with Gasteiger partial charge in [-0.25, -0.2) is 0 Å². The van der Waals surface area contributed by atoms with Crippen LogP contribution in [0.5, 0.6) is 0 Å². The second kappa shape index (κ2) is 6.27. The number of nitrogens with zero attached hydrogens (tertiary/aromatic N) is 2. The number of aromatic nitrogens is 1. The van der Waals surface area contributed by atoms with Crippen molar-refractivity contribution in [3.05, 3.63) is 59.0 Å². The highest BCUT2D eigenvalue weighted by molar-refractivity contribution is 6.26. The maximum atomic E-state index is 12.9. The zero-order chi connectivity index (χ0) is 18.3. The van der Waals surface area contributed by atoms with Crippen LogP contribution in [0.2, 0.25) is 0 Å². The molecule has 4 rings (SSSR count). The number of rotatable bonds is 5. The van der Waals surface area contributed by atoms with Crippen molar-refractivity contribution in [2.24, 2.45) is 0 Å². The van der Waals surface area contributed by atoms with Crippen LogP contribution < -0.4 is 5.32 Å².